The van der Waals surface area contributed by atoms with E-state index >= 15 is 0 Å². The maximum atomic E-state index is 9.21. The van der Waals surface area contributed by atoms with Crippen molar-refractivity contribution < 1.29 is 4.74 Å². The molecule has 1 aliphatic heterocycles. The summed E-state index contributed by atoms with van der Waals surface area (Å²) in [5, 5.41) is 9.21. The molecule has 0 radical (unpaired) electrons. The van der Waals surface area contributed by atoms with Gasteiger partial charge in [0, 0.05) is 5.56 Å². The van der Waals surface area contributed by atoms with Gasteiger partial charge in [0.1, 0.15) is 18.4 Å². The first-order valence-electron chi connectivity index (χ1n) is 5.35. The lowest BCUT2D eigenvalue weighted by Crippen LogP contribution is -2.07. The van der Waals surface area contributed by atoms with Gasteiger partial charge in [-0.05, 0) is 23.3 Å². The van der Waals surface area contributed by atoms with Crippen LogP contribution in [-0.2, 0) is 6.61 Å². The van der Waals surface area contributed by atoms with E-state index in [0.29, 0.717) is 17.9 Å². The summed E-state index contributed by atoms with van der Waals surface area (Å²) in [5.74, 6) is 0.731. The minimum Gasteiger partial charge on any atom is -0.488 e. The van der Waals surface area contributed by atoms with Gasteiger partial charge in [0.25, 0.3) is 0 Å². The largest absolute Gasteiger partial charge is 0.488 e. The molecule has 1 heterocycles. The molecule has 0 spiro atoms. The maximum absolute atomic E-state index is 9.21. The monoisotopic (exact) mass is 222 g/mol. The van der Waals surface area contributed by atoms with E-state index in [1.54, 1.807) is 6.07 Å². The zero-order valence-electron chi connectivity index (χ0n) is 9.10. The van der Waals surface area contributed by atoms with Gasteiger partial charge in [-0.2, -0.15) is 5.26 Å². The smallest absolute Gasteiger partial charge is 0.129 e. The average Bonchev–Trinajstić information content (AvgIpc) is 2.38. The number of ether oxygens (including phenoxy) is 1. The molecule has 3 heteroatoms. The first kappa shape index (κ1) is 9.73. The number of nitrogen functional groups attached to an aromatic ring is 1. The Morgan fingerprint density at radius 1 is 1.18 bits per heavy atom. The summed E-state index contributed by atoms with van der Waals surface area (Å²) < 4.78 is 5.64. The van der Waals surface area contributed by atoms with Crippen LogP contribution in [0.15, 0.2) is 36.4 Å². The molecule has 0 amide bonds. The van der Waals surface area contributed by atoms with Crippen LogP contribution >= 0.6 is 0 Å². The van der Waals surface area contributed by atoms with Crippen LogP contribution in [0.5, 0.6) is 5.75 Å². The Labute approximate surface area is 99.1 Å². The van der Waals surface area contributed by atoms with Crippen molar-refractivity contribution in [2.75, 3.05) is 5.73 Å². The van der Waals surface area contributed by atoms with Crippen molar-refractivity contribution in [1.29, 1.82) is 5.26 Å². The molecule has 0 aromatic heterocycles. The topological polar surface area (TPSA) is 59.0 Å². The first-order valence-corrected chi connectivity index (χ1v) is 5.35. The summed E-state index contributed by atoms with van der Waals surface area (Å²) in [4.78, 5) is 0. The van der Waals surface area contributed by atoms with Crippen LogP contribution in [0.1, 0.15) is 11.1 Å². The Bertz CT molecular complexity index is 641. The molecule has 0 fully saturated rings. The fourth-order valence-corrected chi connectivity index (χ4v) is 2.15. The molecule has 0 bridgehead atoms. The summed E-state index contributed by atoms with van der Waals surface area (Å²) in [5.41, 5.74) is 9.76. The van der Waals surface area contributed by atoms with Gasteiger partial charge in [-0.25, -0.2) is 0 Å². The molecule has 3 rings (SSSR count). The predicted molar refractivity (Wildman–Crippen MR) is 65.3 cm³/mol. The molecule has 0 aliphatic carbocycles. The van der Waals surface area contributed by atoms with Crippen molar-refractivity contribution >= 4 is 5.69 Å². The molecular formula is C14H10N2O. The number of nitriles is 1. The Kier molecular flexibility index (Phi) is 2.02. The van der Waals surface area contributed by atoms with Gasteiger partial charge in [-0.1, -0.05) is 24.3 Å². The number of hydrogen-bond acceptors (Lipinski definition) is 3. The quantitative estimate of drug-likeness (QED) is 0.697. The van der Waals surface area contributed by atoms with Gasteiger partial charge in [0.2, 0.25) is 0 Å². The van der Waals surface area contributed by atoms with Crippen LogP contribution in [0.3, 0.4) is 0 Å². The van der Waals surface area contributed by atoms with Crippen molar-refractivity contribution in [3.05, 3.63) is 47.5 Å². The molecule has 0 saturated carbocycles. The Morgan fingerprint density at radius 2 is 2.00 bits per heavy atom. The van der Waals surface area contributed by atoms with Crippen LogP contribution in [0.2, 0.25) is 0 Å². The Morgan fingerprint density at radius 3 is 2.82 bits per heavy atom. The summed E-state index contributed by atoms with van der Waals surface area (Å²) in [6, 6.07) is 13.6. The zero-order valence-corrected chi connectivity index (χ0v) is 9.10. The summed E-state index contributed by atoms with van der Waals surface area (Å²) >= 11 is 0. The van der Waals surface area contributed by atoms with Gasteiger partial charge in [0.15, 0.2) is 0 Å². The van der Waals surface area contributed by atoms with E-state index in [-0.39, 0.29) is 0 Å². The summed E-state index contributed by atoms with van der Waals surface area (Å²) in [6.45, 7) is 0.540. The molecule has 0 atom stereocenters. The zero-order chi connectivity index (χ0) is 11.8. The van der Waals surface area contributed by atoms with Crippen molar-refractivity contribution in [2.24, 2.45) is 0 Å². The molecule has 2 N–H and O–H groups in total. The van der Waals surface area contributed by atoms with E-state index in [4.69, 9.17) is 10.5 Å². The lowest BCUT2D eigenvalue weighted by atomic mass is 9.92. The van der Waals surface area contributed by atoms with Crippen LogP contribution in [0.25, 0.3) is 11.1 Å². The number of rotatable bonds is 0. The van der Waals surface area contributed by atoms with Gasteiger partial charge >= 0.3 is 0 Å². The highest BCUT2D eigenvalue weighted by molar-refractivity contribution is 5.84. The lowest BCUT2D eigenvalue weighted by molar-refractivity contribution is 0.302. The third-order valence-corrected chi connectivity index (χ3v) is 2.98. The second kappa shape index (κ2) is 3.53. The number of anilines is 1. The van der Waals surface area contributed by atoms with E-state index in [9.17, 15) is 5.26 Å². The van der Waals surface area contributed by atoms with E-state index in [2.05, 4.69) is 6.07 Å². The third-order valence-electron chi connectivity index (χ3n) is 2.98. The molecule has 0 unspecified atom stereocenters. The minimum atomic E-state index is 0.492. The summed E-state index contributed by atoms with van der Waals surface area (Å²) in [7, 11) is 0. The molecule has 17 heavy (non-hydrogen) atoms. The van der Waals surface area contributed by atoms with Crippen molar-refractivity contribution in [3.63, 3.8) is 0 Å². The molecule has 3 nitrogen and oxygen atoms in total. The average molecular weight is 222 g/mol. The molecular weight excluding hydrogens is 212 g/mol. The minimum absolute atomic E-state index is 0.492. The number of hydrogen-bond donors (Lipinski definition) is 1. The third kappa shape index (κ3) is 1.35. The second-order valence-electron chi connectivity index (χ2n) is 3.96. The van der Waals surface area contributed by atoms with Crippen molar-refractivity contribution in [1.82, 2.24) is 0 Å². The van der Waals surface area contributed by atoms with Crippen LogP contribution in [-0.4, -0.2) is 0 Å². The Hall–Kier alpha value is -2.47. The Balaban J connectivity index is 2.38. The molecule has 2 aromatic rings. The highest BCUT2D eigenvalue weighted by Gasteiger charge is 2.21. The van der Waals surface area contributed by atoms with Gasteiger partial charge in [0.05, 0.1) is 11.3 Å². The number of benzene rings is 2. The van der Waals surface area contributed by atoms with E-state index in [1.165, 1.54) is 0 Å². The fourth-order valence-electron chi connectivity index (χ4n) is 2.15. The second-order valence-corrected chi connectivity index (χ2v) is 3.96. The normalized spacial score (nSPS) is 11.9. The summed E-state index contributed by atoms with van der Waals surface area (Å²) in [6.07, 6.45) is 0. The van der Waals surface area contributed by atoms with E-state index in [0.717, 1.165) is 22.4 Å². The van der Waals surface area contributed by atoms with Gasteiger partial charge in [-0.15, -0.1) is 0 Å². The molecule has 0 saturated heterocycles. The predicted octanol–water partition coefficient (Wildman–Crippen LogP) is 2.70. The van der Waals surface area contributed by atoms with Crippen LogP contribution < -0.4 is 10.5 Å². The first-order chi connectivity index (χ1) is 8.31. The van der Waals surface area contributed by atoms with Gasteiger partial charge < -0.3 is 10.5 Å². The fraction of sp³-hybridized carbons (Fsp3) is 0.0714. The van der Waals surface area contributed by atoms with Crippen LogP contribution in [0.4, 0.5) is 5.69 Å². The molecule has 1 aliphatic rings. The lowest BCUT2D eigenvalue weighted by Gasteiger charge is -2.22. The number of fused-ring (bicyclic) bond motifs is 3. The number of nitrogens with zero attached hydrogens (tertiary/aromatic N) is 1. The van der Waals surface area contributed by atoms with Gasteiger partial charge in [-0.3, -0.25) is 0 Å². The van der Waals surface area contributed by atoms with Crippen molar-refractivity contribution in [2.45, 2.75) is 6.61 Å². The molecule has 82 valence electrons. The maximum Gasteiger partial charge on any atom is 0.129 e. The standard InChI is InChI=1S/C14H10N2O/c15-7-11-12(16)5-6-13-14(11)10-4-2-1-3-9(10)8-17-13/h1-6H,8,16H2. The van der Waals surface area contributed by atoms with Crippen molar-refractivity contribution in [3.8, 4) is 22.9 Å². The van der Waals surface area contributed by atoms with Crippen LogP contribution in [0, 0.1) is 11.3 Å². The highest BCUT2D eigenvalue weighted by Crippen LogP contribution is 2.41. The highest BCUT2D eigenvalue weighted by atomic mass is 16.5. The SMILES string of the molecule is N#Cc1c(N)ccc2c1-c1ccccc1CO2. The number of nitrogens with two attached hydrogens (primary N) is 1. The molecule has 2 aromatic carbocycles. The van der Waals surface area contributed by atoms with E-state index in [1.807, 2.05) is 30.3 Å². The van der Waals surface area contributed by atoms with E-state index < -0.39 is 0 Å².